The standard InChI is InChI=1S/C12H12Cl2N2O/c1-6(2)10-11(16-17-12(10)15)7-3-4-8(13)9(14)5-7/h3-6H,15H2,1-2H3. The molecule has 2 N–H and O–H groups in total. The van der Waals surface area contributed by atoms with Crippen molar-refractivity contribution in [2.24, 2.45) is 0 Å². The molecule has 17 heavy (non-hydrogen) atoms. The van der Waals surface area contributed by atoms with Gasteiger partial charge in [0, 0.05) is 11.1 Å². The highest BCUT2D eigenvalue weighted by Gasteiger charge is 2.18. The lowest BCUT2D eigenvalue weighted by atomic mass is 9.99. The summed E-state index contributed by atoms with van der Waals surface area (Å²) in [5, 5.41) is 4.97. The Morgan fingerprint density at radius 3 is 2.53 bits per heavy atom. The van der Waals surface area contributed by atoms with Crippen molar-refractivity contribution in [1.82, 2.24) is 5.16 Å². The molecule has 0 bridgehead atoms. The van der Waals surface area contributed by atoms with Crippen LogP contribution in [0.4, 0.5) is 5.88 Å². The normalized spacial score (nSPS) is 11.1. The Labute approximate surface area is 109 Å². The molecule has 3 nitrogen and oxygen atoms in total. The smallest absolute Gasteiger partial charge is 0.226 e. The first-order valence-corrected chi connectivity index (χ1v) is 5.96. The average Bonchev–Trinajstić information content (AvgIpc) is 2.64. The molecule has 0 saturated heterocycles. The van der Waals surface area contributed by atoms with Crippen LogP contribution in [0.2, 0.25) is 10.0 Å². The first-order valence-electron chi connectivity index (χ1n) is 5.21. The van der Waals surface area contributed by atoms with Crippen molar-refractivity contribution in [3.05, 3.63) is 33.8 Å². The number of nitrogen functional groups attached to an aromatic ring is 1. The summed E-state index contributed by atoms with van der Waals surface area (Å²) in [7, 11) is 0. The molecule has 2 aromatic rings. The minimum Gasteiger partial charge on any atom is -0.367 e. The molecule has 1 aromatic heterocycles. The third kappa shape index (κ3) is 2.26. The number of hydrogen-bond acceptors (Lipinski definition) is 3. The molecule has 0 aliphatic rings. The number of rotatable bonds is 2. The van der Waals surface area contributed by atoms with Crippen LogP contribution in [0, 0.1) is 0 Å². The van der Waals surface area contributed by atoms with Crippen LogP contribution in [0.15, 0.2) is 22.7 Å². The second-order valence-corrected chi connectivity index (χ2v) is 4.91. The minimum absolute atomic E-state index is 0.228. The zero-order chi connectivity index (χ0) is 12.6. The SMILES string of the molecule is CC(C)c1c(-c2ccc(Cl)c(Cl)c2)noc1N. The molecule has 0 spiro atoms. The van der Waals surface area contributed by atoms with Gasteiger partial charge in [-0.3, -0.25) is 0 Å². The number of hydrogen-bond donors (Lipinski definition) is 1. The van der Waals surface area contributed by atoms with Gasteiger partial charge >= 0.3 is 0 Å². The maximum Gasteiger partial charge on any atom is 0.226 e. The quantitative estimate of drug-likeness (QED) is 0.883. The van der Waals surface area contributed by atoms with Gasteiger partial charge in [-0.05, 0) is 18.1 Å². The largest absolute Gasteiger partial charge is 0.367 e. The summed E-state index contributed by atoms with van der Waals surface area (Å²) in [6.07, 6.45) is 0. The predicted molar refractivity (Wildman–Crippen MR) is 70.5 cm³/mol. The zero-order valence-electron chi connectivity index (χ0n) is 9.50. The second kappa shape index (κ2) is 4.59. The summed E-state index contributed by atoms with van der Waals surface area (Å²) in [6.45, 7) is 4.06. The molecule has 0 aliphatic heterocycles. The molecule has 90 valence electrons. The van der Waals surface area contributed by atoms with E-state index in [-0.39, 0.29) is 5.92 Å². The molecule has 0 fully saturated rings. The fourth-order valence-corrected chi connectivity index (χ4v) is 2.02. The second-order valence-electron chi connectivity index (χ2n) is 4.09. The first-order chi connectivity index (χ1) is 8.00. The van der Waals surface area contributed by atoms with Gasteiger partial charge in [0.25, 0.3) is 0 Å². The average molecular weight is 271 g/mol. The van der Waals surface area contributed by atoms with E-state index in [4.69, 9.17) is 33.5 Å². The topological polar surface area (TPSA) is 52.0 Å². The Morgan fingerprint density at radius 2 is 1.94 bits per heavy atom. The number of benzene rings is 1. The van der Waals surface area contributed by atoms with Crippen LogP contribution in [-0.4, -0.2) is 5.16 Å². The third-order valence-corrected chi connectivity index (χ3v) is 3.27. The predicted octanol–water partition coefficient (Wildman–Crippen LogP) is 4.35. The zero-order valence-corrected chi connectivity index (χ0v) is 11.0. The molecule has 2 rings (SSSR count). The Balaban J connectivity index is 2.56. The van der Waals surface area contributed by atoms with E-state index in [1.165, 1.54) is 0 Å². The summed E-state index contributed by atoms with van der Waals surface area (Å²) in [6, 6.07) is 5.33. The molecular weight excluding hydrogens is 259 g/mol. The van der Waals surface area contributed by atoms with Crippen molar-refractivity contribution in [2.45, 2.75) is 19.8 Å². The van der Waals surface area contributed by atoms with E-state index in [0.717, 1.165) is 16.8 Å². The molecule has 0 radical (unpaired) electrons. The van der Waals surface area contributed by atoms with Gasteiger partial charge in [0.15, 0.2) is 0 Å². The highest BCUT2D eigenvalue weighted by molar-refractivity contribution is 6.42. The van der Waals surface area contributed by atoms with E-state index in [1.54, 1.807) is 12.1 Å². The number of aromatic nitrogens is 1. The van der Waals surface area contributed by atoms with E-state index < -0.39 is 0 Å². The van der Waals surface area contributed by atoms with E-state index in [2.05, 4.69) is 5.16 Å². The molecule has 5 heteroatoms. The van der Waals surface area contributed by atoms with E-state index >= 15 is 0 Å². The van der Waals surface area contributed by atoms with Gasteiger partial charge in [-0.15, -0.1) is 0 Å². The molecule has 0 amide bonds. The lowest BCUT2D eigenvalue weighted by Crippen LogP contribution is -1.94. The number of nitrogens with zero attached hydrogens (tertiary/aromatic N) is 1. The third-order valence-electron chi connectivity index (χ3n) is 2.53. The van der Waals surface area contributed by atoms with E-state index in [0.29, 0.717) is 15.9 Å². The molecule has 0 saturated carbocycles. The van der Waals surface area contributed by atoms with Crippen molar-refractivity contribution in [2.75, 3.05) is 5.73 Å². The highest BCUT2D eigenvalue weighted by atomic mass is 35.5. The summed E-state index contributed by atoms with van der Waals surface area (Å²) < 4.78 is 5.03. The van der Waals surface area contributed by atoms with Gasteiger partial charge < -0.3 is 10.3 Å². The Hall–Kier alpha value is -1.19. The lowest BCUT2D eigenvalue weighted by molar-refractivity contribution is 0.438. The monoisotopic (exact) mass is 270 g/mol. The van der Waals surface area contributed by atoms with Crippen LogP contribution in [-0.2, 0) is 0 Å². The Bertz CT molecular complexity index is 549. The van der Waals surface area contributed by atoms with Crippen LogP contribution in [0.25, 0.3) is 11.3 Å². The van der Waals surface area contributed by atoms with Gasteiger partial charge in [-0.25, -0.2) is 0 Å². The lowest BCUT2D eigenvalue weighted by Gasteiger charge is -2.06. The van der Waals surface area contributed by atoms with Crippen molar-refractivity contribution in [3.8, 4) is 11.3 Å². The summed E-state index contributed by atoms with van der Waals surface area (Å²) >= 11 is 11.9. The first kappa shape index (κ1) is 12.3. The highest BCUT2D eigenvalue weighted by Crippen LogP contribution is 2.35. The molecule has 0 atom stereocenters. The fraction of sp³-hybridized carbons (Fsp3) is 0.250. The Morgan fingerprint density at radius 1 is 1.24 bits per heavy atom. The van der Waals surface area contributed by atoms with Gasteiger partial charge in [0.2, 0.25) is 5.88 Å². The maximum atomic E-state index is 5.98. The van der Waals surface area contributed by atoms with E-state index in [1.807, 2.05) is 19.9 Å². The number of nitrogens with two attached hydrogens (primary N) is 1. The summed E-state index contributed by atoms with van der Waals surface area (Å²) in [4.78, 5) is 0. The summed E-state index contributed by atoms with van der Waals surface area (Å²) in [5.74, 6) is 0.576. The maximum absolute atomic E-state index is 5.98. The van der Waals surface area contributed by atoms with Gasteiger partial charge in [-0.2, -0.15) is 0 Å². The molecule has 1 heterocycles. The van der Waals surface area contributed by atoms with E-state index in [9.17, 15) is 0 Å². The van der Waals surface area contributed by atoms with Crippen LogP contribution >= 0.6 is 23.2 Å². The van der Waals surface area contributed by atoms with Crippen LogP contribution in [0.1, 0.15) is 25.3 Å². The van der Waals surface area contributed by atoms with Gasteiger partial charge in [0.05, 0.1) is 10.0 Å². The van der Waals surface area contributed by atoms with Crippen molar-refractivity contribution < 1.29 is 4.52 Å². The molecule has 1 aromatic carbocycles. The Kier molecular flexibility index (Phi) is 3.31. The molecular formula is C12H12Cl2N2O. The summed E-state index contributed by atoms with van der Waals surface area (Å²) in [5.41, 5.74) is 8.22. The van der Waals surface area contributed by atoms with Crippen LogP contribution in [0.5, 0.6) is 0 Å². The number of halogens is 2. The van der Waals surface area contributed by atoms with Crippen LogP contribution in [0.3, 0.4) is 0 Å². The molecule has 0 aliphatic carbocycles. The van der Waals surface area contributed by atoms with Crippen LogP contribution < -0.4 is 5.73 Å². The van der Waals surface area contributed by atoms with Crippen molar-refractivity contribution in [1.29, 1.82) is 0 Å². The van der Waals surface area contributed by atoms with Gasteiger partial charge in [-0.1, -0.05) is 48.3 Å². The van der Waals surface area contributed by atoms with Crippen molar-refractivity contribution in [3.63, 3.8) is 0 Å². The fourth-order valence-electron chi connectivity index (χ4n) is 1.72. The molecule has 0 unspecified atom stereocenters. The minimum atomic E-state index is 0.228. The van der Waals surface area contributed by atoms with Gasteiger partial charge in [0.1, 0.15) is 5.69 Å². The number of anilines is 1. The van der Waals surface area contributed by atoms with Crippen molar-refractivity contribution >= 4 is 29.1 Å².